The Hall–Kier alpha value is -3.53. The molecule has 0 fully saturated rings. The van der Waals surface area contributed by atoms with Crippen molar-refractivity contribution >= 4 is 28.2 Å². The molecule has 4 aromatic rings. The highest BCUT2D eigenvalue weighted by Gasteiger charge is 2.34. The van der Waals surface area contributed by atoms with E-state index in [1.54, 1.807) is 18.2 Å². The number of halogens is 7. The molecule has 2 aromatic carbocycles. The molecule has 34 heavy (non-hydrogen) atoms. The van der Waals surface area contributed by atoms with Gasteiger partial charge in [0, 0.05) is 22.2 Å². The number of phenolic OH excluding ortho intramolecular Hbond substituents is 1. The van der Waals surface area contributed by atoms with E-state index in [2.05, 4.69) is 15.3 Å². The summed E-state index contributed by atoms with van der Waals surface area (Å²) in [6, 6.07) is 9.75. The van der Waals surface area contributed by atoms with Gasteiger partial charge in [-0.2, -0.15) is 26.3 Å². The van der Waals surface area contributed by atoms with Gasteiger partial charge in [0.15, 0.2) is 0 Å². The minimum Gasteiger partial charge on any atom is -0.505 e. The number of hydrogen-bond donors (Lipinski definition) is 2. The SMILES string of the molecule is Oc1c(C(Nc2ccc(C(F)(F)F)nc2)c2cc(C(F)(F)F)ccc2Cl)ccc2cccnc12. The minimum atomic E-state index is -4.67. The molecular formula is C23H14ClF6N3O. The largest absolute Gasteiger partial charge is 0.505 e. The van der Waals surface area contributed by atoms with Gasteiger partial charge in [-0.15, -0.1) is 0 Å². The first-order valence-corrected chi connectivity index (χ1v) is 10.1. The average Bonchev–Trinajstić information content (AvgIpc) is 2.78. The van der Waals surface area contributed by atoms with Crippen LogP contribution in [0.1, 0.15) is 28.4 Å². The van der Waals surface area contributed by atoms with Crippen LogP contribution in [0, 0.1) is 0 Å². The molecule has 11 heteroatoms. The van der Waals surface area contributed by atoms with Crippen LogP contribution in [0.25, 0.3) is 10.9 Å². The molecule has 0 amide bonds. The zero-order chi connectivity index (χ0) is 24.7. The molecule has 1 unspecified atom stereocenters. The van der Waals surface area contributed by atoms with Crippen molar-refractivity contribution in [1.82, 2.24) is 9.97 Å². The molecular weight excluding hydrogens is 484 g/mol. The molecule has 0 aliphatic carbocycles. The molecule has 0 saturated carbocycles. The standard InChI is InChI=1S/C23H14ClF6N3O/c24-17-7-4-13(22(25,26)27)10-16(17)20(33-14-5-8-18(32-11-14)23(28,29)30)15-6-3-12-2-1-9-31-19(12)21(15)34/h1-11,20,33-34H. The van der Waals surface area contributed by atoms with E-state index in [0.717, 1.165) is 36.5 Å². The van der Waals surface area contributed by atoms with Crippen molar-refractivity contribution in [1.29, 1.82) is 0 Å². The van der Waals surface area contributed by atoms with Crippen molar-refractivity contribution in [2.75, 3.05) is 5.32 Å². The number of anilines is 1. The fraction of sp³-hybridized carbons (Fsp3) is 0.130. The summed E-state index contributed by atoms with van der Waals surface area (Å²) in [5.41, 5.74) is -1.80. The predicted molar refractivity (Wildman–Crippen MR) is 115 cm³/mol. The van der Waals surface area contributed by atoms with Crippen LogP contribution in [0.2, 0.25) is 5.02 Å². The van der Waals surface area contributed by atoms with Crippen molar-refractivity contribution in [3.63, 3.8) is 0 Å². The maximum absolute atomic E-state index is 13.4. The van der Waals surface area contributed by atoms with E-state index < -0.39 is 29.7 Å². The maximum Gasteiger partial charge on any atom is 0.433 e. The molecule has 2 N–H and O–H groups in total. The lowest BCUT2D eigenvalue weighted by molar-refractivity contribution is -0.141. The third-order valence-electron chi connectivity index (χ3n) is 5.09. The lowest BCUT2D eigenvalue weighted by Crippen LogP contribution is -2.16. The zero-order valence-corrected chi connectivity index (χ0v) is 17.7. The Labute approximate surface area is 193 Å². The molecule has 0 aliphatic heterocycles. The van der Waals surface area contributed by atoms with Gasteiger partial charge in [0.1, 0.15) is 17.0 Å². The predicted octanol–water partition coefficient (Wildman–Crippen LogP) is 7.23. The number of aromatic nitrogens is 2. The van der Waals surface area contributed by atoms with E-state index in [4.69, 9.17) is 11.6 Å². The van der Waals surface area contributed by atoms with Crippen LogP contribution in [0.4, 0.5) is 32.0 Å². The minimum absolute atomic E-state index is 0.0501. The Morgan fingerprint density at radius 2 is 1.62 bits per heavy atom. The summed E-state index contributed by atoms with van der Waals surface area (Å²) in [5, 5.41) is 14.3. The van der Waals surface area contributed by atoms with Gasteiger partial charge in [-0.1, -0.05) is 29.8 Å². The molecule has 0 bridgehead atoms. The Balaban J connectivity index is 1.87. The molecule has 4 nitrogen and oxygen atoms in total. The van der Waals surface area contributed by atoms with Crippen molar-refractivity contribution in [2.24, 2.45) is 0 Å². The van der Waals surface area contributed by atoms with Crippen molar-refractivity contribution < 1.29 is 31.4 Å². The summed E-state index contributed by atoms with van der Waals surface area (Å²) < 4.78 is 78.8. The Bertz CT molecular complexity index is 1340. The van der Waals surface area contributed by atoms with Gasteiger partial charge in [-0.3, -0.25) is 4.98 Å². The van der Waals surface area contributed by atoms with Crippen LogP contribution in [-0.2, 0) is 12.4 Å². The highest BCUT2D eigenvalue weighted by atomic mass is 35.5. The van der Waals surface area contributed by atoms with Crippen molar-refractivity contribution in [3.05, 3.63) is 94.4 Å². The van der Waals surface area contributed by atoms with E-state index in [9.17, 15) is 31.4 Å². The summed E-state index contributed by atoms with van der Waals surface area (Å²) >= 11 is 6.24. The van der Waals surface area contributed by atoms with Crippen molar-refractivity contribution in [2.45, 2.75) is 18.4 Å². The summed E-state index contributed by atoms with van der Waals surface area (Å²) in [7, 11) is 0. The second kappa shape index (κ2) is 8.68. The zero-order valence-electron chi connectivity index (χ0n) is 16.9. The number of pyridine rings is 2. The molecule has 0 spiro atoms. The molecule has 176 valence electrons. The topological polar surface area (TPSA) is 58.0 Å². The van der Waals surface area contributed by atoms with Gasteiger partial charge in [0.05, 0.1) is 23.5 Å². The van der Waals surface area contributed by atoms with Crippen LogP contribution in [0.3, 0.4) is 0 Å². The van der Waals surface area contributed by atoms with E-state index in [-0.39, 0.29) is 33.1 Å². The number of hydrogen-bond acceptors (Lipinski definition) is 4. The molecule has 0 saturated heterocycles. The Kier molecular flexibility index (Phi) is 6.03. The summed E-state index contributed by atoms with van der Waals surface area (Å²) in [6.07, 6.45) is -7.00. The number of phenols is 1. The molecule has 0 radical (unpaired) electrons. The second-order valence-corrected chi connectivity index (χ2v) is 7.73. The molecule has 4 rings (SSSR count). The van der Waals surface area contributed by atoms with E-state index in [0.29, 0.717) is 5.39 Å². The number of benzene rings is 2. The van der Waals surface area contributed by atoms with Gasteiger partial charge < -0.3 is 10.4 Å². The highest BCUT2D eigenvalue weighted by molar-refractivity contribution is 6.31. The van der Waals surface area contributed by atoms with Gasteiger partial charge in [0.25, 0.3) is 0 Å². The fourth-order valence-corrected chi connectivity index (χ4v) is 3.68. The van der Waals surface area contributed by atoms with E-state index >= 15 is 0 Å². The Morgan fingerprint density at radius 1 is 0.853 bits per heavy atom. The lowest BCUT2D eigenvalue weighted by atomic mass is 9.94. The van der Waals surface area contributed by atoms with Crippen LogP contribution in [0.15, 0.2) is 67.0 Å². The summed E-state index contributed by atoms with van der Waals surface area (Å²) in [6.45, 7) is 0. The third-order valence-corrected chi connectivity index (χ3v) is 5.43. The Morgan fingerprint density at radius 3 is 2.26 bits per heavy atom. The molecule has 0 aliphatic rings. The smallest absolute Gasteiger partial charge is 0.433 e. The monoisotopic (exact) mass is 497 g/mol. The van der Waals surface area contributed by atoms with Gasteiger partial charge in [-0.25, -0.2) is 4.98 Å². The van der Waals surface area contributed by atoms with Crippen LogP contribution >= 0.6 is 11.6 Å². The number of aromatic hydroxyl groups is 1. The highest BCUT2D eigenvalue weighted by Crippen LogP contribution is 2.41. The van der Waals surface area contributed by atoms with Crippen LogP contribution < -0.4 is 5.32 Å². The lowest BCUT2D eigenvalue weighted by Gasteiger charge is -2.24. The van der Waals surface area contributed by atoms with E-state index in [1.807, 2.05) is 0 Å². The first-order valence-electron chi connectivity index (χ1n) is 9.68. The molecule has 1 atom stereocenters. The quantitative estimate of drug-likeness (QED) is 0.292. The van der Waals surface area contributed by atoms with Crippen LogP contribution in [-0.4, -0.2) is 15.1 Å². The molecule has 2 heterocycles. The number of alkyl halides is 6. The normalized spacial score (nSPS) is 13.1. The maximum atomic E-state index is 13.4. The molecule has 2 aromatic heterocycles. The fourth-order valence-electron chi connectivity index (χ4n) is 3.46. The van der Waals surface area contributed by atoms with Gasteiger partial charge in [-0.05, 0) is 42.0 Å². The van der Waals surface area contributed by atoms with Gasteiger partial charge >= 0.3 is 12.4 Å². The number of nitrogens with zero attached hydrogens (tertiary/aromatic N) is 2. The average molecular weight is 498 g/mol. The third kappa shape index (κ3) is 4.72. The van der Waals surface area contributed by atoms with Crippen molar-refractivity contribution in [3.8, 4) is 5.75 Å². The summed E-state index contributed by atoms with van der Waals surface area (Å²) in [5.74, 6) is -0.316. The van der Waals surface area contributed by atoms with E-state index in [1.165, 1.54) is 12.3 Å². The second-order valence-electron chi connectivity index (χ2n) is 7.32. The first kappa shape index (κ1) is 23.6. The number of rotatable bonds is 4. The number of nitrogens with one attached hydrogen (secondary N) is 1. The first-order chi connectivity index (χ1) is 15.9. The number of fused-ring (bicyclic) bond motifs is 1. The van der Waals surface area contributed by atoms with Crippen LogP contribution in [0.5, 0.6) is 5.75 Å². The van der Waals surface area contributed by atoms with Gasteiger partial charge in [0.2, 0.25) is 0 Å². The summed E-state index contributed by atoms with van der Waals surface area (Å²) in [4.78, 5) is 7.48.